The molecule has 0 unspecified atom stereocenters. The Balaban J connectivity index is 2.02. The quantitative estimate of drug-likeness (QED) is 0.330. The number of pyridine rings is 2. The van der Waals surface area contributed by atoms with E-state index in [1.807, 2.05) is 0 Å². The van der Waals surface area contributed by atoms with Crippen LogP contribution in [-0.4, -0.2) is 65.6 Å². The summed E-state index contributed by atoms with van der Waals surface area (Å²) < 4.78 is 51.9. The predicted octanol–water partition coefficient (Wildman–Crippen LogP) is 3.89. The minimum Gasteiger partial charge on any atom is -0.465 e. The maximum atomic E-state index is 14.1. The van der Waals surface area contributed by atoms with Crippen LogP contribution in [0.4, 0.5) is 23.8 Å². The number of carbonyl (C=O) groups is 4. The van der Waals surface area contributed by atoms with E-state index in [0.717, 1.165) is 14.2 Å². The molecule has 12 nitrogen and oxygen atoms in total. The van der Waals surface area contributed by atoms with E-state index in [4.69, 9.17) is 9.47 Å². The molecular formula is C25H23F3N6O6S. The van der Waals surface area contributed by atoms with Crippen LogP contribution in [0.15, 0.2) is 24.7 Å². The van der Waals surface area contributed by atoms with E-state index in [1.165, 1.54) is 24.7 Å². The Labute approximate surface area is 234 Å². The summed E-state index contributed by atoms with van der Waals surface area (Å²) in [5, 5.41) is 6.98. The average molecular weight is 593 g/mol. The molecule has 0 spiro atoms. The highest BCUT2D eigenvalue weighted by molar-refractivity contribution is 7.17. The second-order valence-corrected chi connectivity index (χ2v) is 9.64. The number of thiazole rings is 1. The Morgan fingerprint density at radius 2 is 1.78 bits per heavy atom. The van der Waals surface area contributed by atoms with Crippen molar-refractivity contribution in [2.24, 2.45) is 0 Å². The van der Waals surface area contributed by atoms with Gasteiger partial charge < -0.3 is 20.1 Å². The molecule has 216 valence electrons. The lowest BCUT2D eigenvalue weighted by Gasteiger charge is -2.16. The Morgan fingerprint density at radius 3 is 2.39 bits per heavy atom. The highest BCUT2D eigenvalue weighted by atomic mass is 32.1. The third-order valence-corrected chi connectivity index (χ3v) is 6.81. The third kappa shape index (κ3) is 6.42. The molecule has 3 aromatic rings. The third-order valence-electron chi connectivity index (χ3n) is 5.74. The van der Waals surface area contributed by atoms with Gasteiger partial charge in [0.25, 0.3) is 5.91 Å². The molecule has 1 aliphatic carbocycles. The second-order valence-electron chi connectivity index (χ2n) is 8.64. The SMILES string of the molecule is CCNC(=O)Nc1ncc(-c2cncc(C(=O)OC)c2)c(-c2nc(C(F)(F)F)c(C(=O)NC3CC3)s2)c1C(=O)OC. The van der Waals surface area contributed by atoms with Crippen molar-refractivity contribution in [2.75, 3.05) is 26.1 Å². The Bertz CT molecular complexity index is 1520. The number of halogens is 3. The van der Waals surface area contributed by atoms with Crippen LogP contribution in [0.25, 0.3) is 21.7 Å². The summed E-state index contributed by atoms with van der Waals surface area (Å²) in [5.41, 5.74) is -1.95. The lowest BCUT2D eigenvalue weighted by molar-refractivity contribution is -0.141. The number of amides is 3. The monoisotopic (exact) mass is 592 g/mol. The molecule has 3 amide bonds. The second kappa shape index (κ2) is 11.9. The fourth-order valence-electron chi connectivity index (χ4n) is 3.73. The molecular weight excluding hydrogens is 569 g/mol. The van der Waals surface area contributed by atoms with Crippen molar-refractivity contribution < 1.29 is 41.8 Å². The largest absolute Gasteiger partial charge is 0.465 e. The van der Waals surface area contributed by atoms with Crippen LogP contribution in [0.3, 0.4) is 0 Å². The number of alkyl halides is 3. The molecule has 0 saturated heterocycles. The molecule has 1 fully saturated rings. The molecule has 3 N–H and O–H groups in total. The van der Waals surface area contributed by atoms with Crippen LogP contribution in [0, 0.1) is 0 Å². The number of hydrogen-bond acceptors (Lipinski definition) is 10. The van der Waals surface area contributed by atoms with Gasteiger partial charge in [-0.05, 0) is 25.8 Å². The van der Waals surface area contributed by atoms with Crippen LogP contribution < -0.4 is 16.0 Å². The van der Waals surface area contributed by atoms with Gasteiger partial charge in [-0.2, -0.15) is 13.2 Å². The number of aromatic nitrogens is 3. The first-order valence-corrected chi connectivity index (χ1v) is 12.9. The van der Waals surface area contributed by atoms with Gasteiger partial charge in [0.05, 0.1) is 19.8 Å². The van der Waals surface area contributed by atoms with E-state index in [9.17, 15) is 32.3 Å². The summed E-state index contributed by atoms with van der Waals surface area (Å²) >= 11 is 0.402. The molecule has 3 aromatic heterocycles. The zero-order chi connectivity index (χ0) is 29.9. The van der Waals surface area contributed by atoms with Crippen molar-refractivity contribution >= 4 is 41.0 Å². The van der Waals surface area contributed by atoms with Crippen LogP contribution in [0.5, 0.6) is 0 Å². The lowest BCUT2D eigenvalue weighted by Crippen LogP contribution is -2.29. The first-order valence-electron chi connectivity index (χ1n) is 12.1. The molecule has 3 heterocycles. The van der Waals surface area contributed by atoms with E-state index < -0.39 is 51.2 Å². The molecule has 0 aliphatic heterocycles. The Morgan fingerprint density at radius 1 is 1.07 bits per heavy atom. The van der Waals surface area contributed by atoms with Crippen molar-refractivity contribution in [3.8, 4) is 21.7 Å². The van der Waals surface area contributed by atoms with E-state index in [-0.39, 0.29) is 40.7 Å². The number of hydrogen-bond donors (Lipinski definition) is 3. The van der Waals surface area contributed by atoms with E-state index in [2.05, 4.69) is 30.9 Å². The summed E-state index contributed by atoms with van der Waals surface area (Å²) in [6.07, 6.45) is -0.0850. The van der Waals surface area contributed by atoms with Crippen LogP contribution >= 0.6 is 11.3 Å². The summed E-state index contributed by atoms with van der Waals surface area (Å²) in [6, 6.07) is 0.338. The molecule has 16 heteroatoms. The highest BCUT2D eigenvalue weighted by Gasteiger charge is 2.41. The summed E-state index contributed by atoms with van der Waals surface area (Å²) in [6.45, 7) is 1.86. The highest BCUT2D eigenvalue weighted by Crippen LogP contribution is 2.44. The van der Waals surface area contributed by atoms with Crippen LogP contribution in [-0.2, 0) is 15.7 Å². The molecule has 41 heavy (non-hydrogen) atoms. The normalized spacial score (nSPS) is 12.8. The van der Waals surface area contributed by atoms with Gasteiger partial charge in [-0.1, -0.05) is 0 Å². The molecule has 0 atom stereocenters. The summed E-state index contributed by atoms with van der Waals surface area (Å²) in [7, 11) is 2.19. The molecule has 1 saturated carbocycles. The number of rotatable bonds is 8. The minimum absolute atomic E-state index is 0.000266. The van der Waals surface area contributed by atoms with Gasteiger partial charge in [-0.15, -0.1) is 11.3 Å². The zero-order valence-corrected chi connectivity index (χ0v) is 22.7. The van der Waals surface area contributed by atoms with Crippen molar-refractivity contribution in [1.29, 1.82) is 0 Å². The number of nitrogens with zero attached hydrogens (tertiary/aromatic N) is 3. The van der Waals surface area contributed by atoms with Crippen molar-refractivity contribution in [1.82, 2.24) is 25.6 Å². The number of methoxy groups -OCH3 is 2. The zero-order valence-electron chi connectivity index (χ0n) is 21.8. The first-order chi connectivity index (χ1) is 19.5. The molecule has 1 aliphatic rings. The van der Waals surface area contributed by atoms with Gasteiger partial charge >= 0.3 is 24.1 Å². The van der Waals surface area contributed by atoms with E-state index >= 15 is 0 Å². The van der Waals surface area contributed by atoms with Crippen molar-refractivity contribution in [2.45, 2.75) is 32.0 Å². The maximum Gasteiger partial charge on any atom is 0.435 e. The number of urea groups is 1. The number of esters is 2. The Hall–Kier alpha value is -4.60. The predicted molar refractivity (Wildman–Crippen MR) is 139 cm³/mol. The summed E-state index contributed by atoms with van der Waals surface area (Å²) in [4.78, 5) is 61.6. The van der Waals surface area contributed by atoms with Crippen LogP contribution in [0.1, 0.15) is 55.8 Å². The Kier molecular flexibility index (Phi) is 8.51. The molecule has 4 rings (SSSR count). The molecule has 0 aromatic carbocycles. The lowest BCUT2D eigenvalue weighted by atomic mass is 9.97. The average Bonchev–Trinajstić information content (AvgIpc) is 3.63. The molecule has 0 bridgehead atoms. The number of carbonyl (C=O) groups excluding carboxylic acids is 4. The maximum absolute atomic E-state index is 14.1. The topological polar surface area (TPSA) is 161 Å². The number of anilines is 1. The summed E-state index contributed by atoms with van der Waals surface area (Å²) in [5.74, 6) is -3.12. The van der Waals surface area contributed by atoms with Gasteiger partial charge in [-0.25, -0.2) is 24.4 Å². The molecule has 0 radical (unpaired) electrons. The van der Waals surface area contributed by atoms with Gasteiger partial charge in [0, 0.05) is 47.9 Å². The first kappa shape index (κ1) is 29.4. The van der Waals surface area contributed by atoms with E-state index in [0.29, 0.717) is 24.2 Å². The van der Waals surface area contributed by atoms with Crippen molar-refractivity contribution in [3.05, 3.63) is 46.4 Å². The fourth-order valence-corrected chi connectivity index (χ4v) is 4.78. The fraction of sp³-hybridized carbons (Fsp3) is 0.320. The number of nitrogens with one attached hydrogen (secondary N) is 3. The van der Waals surface area contributed by atoms with Gasteiger partial charge in [0.15, 0.2) is 5.69 Å². The van der Waals surface area contributed by atoms with Crippen LogP contribution in [0.2, 0.25) is 0 Å². The smallest absolute Gasteiger partial charge is 0.435 e. The van der Waals surface area contributed by atoms with E-state index in [1.54, 1.807) is 6.92 Å². The van der Waals surface area contributed by atoms with Gasteiger partial charge in [0.1, 0.15) is 21.3 Å². The number of ether oxygens (including phenoxy) is 2. The van der Waals surface area contributed by atoms with Gasteiger partial charge in [-0.3, -0.25) is 15.1 Å². The van der Waals surface area contributed by atoms with Crippen molar-refractivity contribution in [3.63, 3.8) is 0 Å². The standard InChI is InChI=1S/C25H23F3N6O6S/c1-4-30-24(38)34-19-16(23(37)40-3)15(14(10-31-19)11-7-12(9-29-8-11)22(36)39-2)21-33-18(25(26,27)28)17(41-21)20(35)32-13-5-6-13/h7-10,13H,4-6H2,1-3H3,(H,32,35)(H2,30,31,34,38). The minimum atomic E-state index is -5.02. The van der Waals surface area contributed by atoms with Gasteiger partial charge in [0.2, 0.25) is 0 Å².